The molecule has 2 amide bonds. The topological polar surface area (TPSA) is 36.0 Å². The number of amides is 2. The minimum Gasteiger partial charge on any atom is -0.494 e. The molecule has 1 aromatic rings. The number of benzene rings is 1. The number of likely N-dealkylation sites (tertiary alicyclic amines) is 1. The summed E-state index contributed by atoms with van der Waals surface area (Å²) in [5.41, 5.74) is 1.36. The summed E-state index contributed by atoms with van der Waals surface area (Å²) in [7, 11) is 2.03. The monoisotopic (exact) mass is 505 g/mol. The summed E-state index contributed by atoms with van der Waals surface area (Å²) in [4.78, 5) is 19.9. The molecule has 0 spiro atoms. The molecular formula is C26H40BrN3O2. The third-order valence-electron chi connectivity index (χ3n) is 7.83. The fraction of sp³-hybridized carbons (Fsp3) is 0.731. The highest BCUT2D eigenvalue weighted by Gasteiger charge is 2.36. The summed E-state index contributed by atoms with van der Waals surface area (Å²) < 4.78 is 6.88. The fourth-order valence-electron chi connectivity index (χ4n) is 5.83. The normalized spacial score (nSPS) is 24.2. The third-order valence-corrected chi connectivity index (χ3v) is 8.60. The number of carbonyl (C=O) groups excluding carboxylic acids is 1. The van der Waals surface area contributed by atoms with Gasteiger partial charge in [0.1, 0.15) is 5.75 Å². The minimum absolute atomic E-state index is 0.266. The smallest absolute Gasteiger partial charge is 0.320 e. The van der Waals surface area contributed by atoms with Crippen LogP contribution in [0.2, 0.25) is 0 Å². The maximum Gasteiger partial charge on any atom is 0.320 e. The van der Waals surface area contributed by atoms with E-state index in [-0.39, 0.29) is 6.03 Å². The average molecular weight is 507 g/mol. The second-order valence-electron chi connectivity index (χ2n) is 9.96. The van der Waals surface area contributed by atoms with Crippen molar-refractivity contribution in [1.29, 1.82) is 0 Å². The molecule has 1 unspecified atom stereocenters. The number of hydrogen-bond donors (Lipinski definition) is 0. The molecule has 2 aliphatic heterocycles. The Bertz CT molecular complexity index is 759. The molecule has 0 bridgehead atoms. The molecule has 0 N–H and O–H groups in total. The van der Waals surface area contributed by atoms with Gasteiger partial charge in [0.05, 0.1) is 6.61 Å². The number of urea groups is 1. The highest BCUT2D eigenvalue weighted by atomic mass is 79.9. The Morgan fingerprint density at radius 3 is 2.50 bits per heavy atom. The first-order valence-corrected chi connectivity index (χ1v) is 13.5. The zero-order chi connectivity index (χ0) is 22.5. The van der Waals surface area contributed by atoms with Crippen LogP contribution in [0.1, 0.15) is 63.9 Å². The number of hydrogen-bond acceptors (Lipinski definition) is 3. The van der Waals surface area contributed by atoms with Crippen molar-refractivity contribution in [1.82, 2.24) is 14.7 Å². The molecule has 3 aliphatic rings. The van der Waals surface area contributed by atoms with Crippen LogP contribution >= 0.6 is 15.9 Å². The van der Waals surface area contributed by atoms with E-state index in [1.54, 1.807) is 0 Å². The summed E-state index contributed by atoms with van der Waals surface area (Å²) in [5, 5.41) is 0. The summed E-state index contributed by atoms with van der Waals surface area (Å²) in [6.45, 7) is 6.98. The molecule has 1 aromatic carbocycles. The fourth-order valence-corrected chi connectivity index (χ4v) is 6.24. The lowest BCUT2D eigenvalue weighted by Crippen LogP contribution is -2.58. The van der Waals surface area contributed by atoms with Crippen molar-refractivity contribution < 1.29 is 9.53 Å². The van der Waals surface area contributed by atoms with Gasteiger partial charge in [-0.1, -0.05) is 35.2 Å². The minimum atomic E-state index is 0.266. The maximum atomic E-state index is 13.1. The summed E-state index contributed by atoms with van der Waals surface area (Å²) >= 11 is 3.72. The molecule has 1 saturated carbocycles. The van der Waals surface area contributed by atoms with Crippen LogP contribution in [0, 0.1) is 5.92 Å². The molecule has 0 aromatic heterocycles. The highest BCUT2D eigenvalue weighted by molar-refractivity contribution is 9.10. The highest BCUT2D eigenvalue weighted by Crippen LogP contribution is 2.30. The Morgan fingerprint density at radius 1 is 1.03 bits per heavy atom. The van der Waals surface area contributed by atoms with Gasteiger partial charge in [-0.3, -0.25) is 0 Å². The SMILES string of the molecule is CCOc1ccc(Br)c(CC2CCN(CC3CCN(C4CCCCC4)C(=O)N3C)CC2)c1. The number of ether oxygens (including phenoxy) is 1. The van der Waals surface area contributed by atoms with Gasteiger partial charge in [0.15, 0.2) is 0 Å². The molecule has 1 aliphatic carbocycles. The molecule has 2 heterocycles. The molecule has 4 rings (SSSR count). The zero-order valence-corrected chi connectivity index (χ0v) is 21.5. The molecule has 32 heavy (non-hydrogen) atoms. The lowest BCUT2D eigenvalue weighted by atomic mass is 9.89. The quantitative estimate of drug-likeness (QED) is 0.486. The Labute approximate surface area is 202 Å². The third kappa shape index (κ3) is 5.80. The van der Waals surface area contributed by atoms with E-state index in [4.69, 9.17) is 4.74 Å². The standard InChI is InChI=1S/C26H40BrN3O2/c1-3-32-24-9-10-25(27)21(18-24)17-20-11-14-29(15-12-20)19-23-13-16-30(26(31)28(23)2)22-7-5-4-6-8-22/h9-10,18,20,22-23H,3-8,11-17,19H2,1-2H3. The first-order valence-electron chi connectivity index (χ1n) is 12.7. The van der Waals surface area contributed by atoms with E-state index in [9.17, 15) is 4.79 Å². The average Bonchev–Trinajstić information content (AvgIpc) is 2.81. The number of carbonyl (C=O) groups is 1. The molecule has 178 valence electrons. The largest absolute Gasteiger partial charge is 0.494 e. The predicted molar refractivity (Wildman–Crippen MR) is 133 cm³/mol. The van der Waals surface area contributed by atoms with Gasteiger partial charge in [-0.2, -0.15) is 0 Å². The molecule has 0 radical (unpaired) electrons. The van der Waals surface area contributed by atoms with Crippen molar-refractivity contribution in [2.24, 2.45) is 5.92 Å². The van der Waals surface area contributed by atoms with Crippen LogP contribution in [-0.2, 0) is 6.42 Å². The van der Waals surface area contributed by atoms with Gasteiger partial charge in [-0.15, -0.1) is 0 Å². The second-order valence-corrected chi connectivity index (χ2v) is 10.8. The van der Waals surface area contributed by atoms with Crippen LogP contribution < -0.4 is 4.74 Å². The van der Waals surface area contributed by atoms with Crippen molar-refractivity contribution in [3.05, 3.63) is 28.2 Å². The van der Waals surface area contributed by atoms with Gasteiger partial charge in [-0.25, -0.2) is 4.79 Å². The lowest BCUT2D eigenvalue weighted by molar-refractivity contribution is 0.0611. The number of nitrogens with zero attached hydrogens (tertiary/aromatic N) is 3. The predicted octanol–water partition coefficient (Wildman–Crippen LogP) is 5.56. The van der Waals surface area contributed by atoms with E-state index < -0.39 is 0 Å². The molecule has 6 heteroatoms. The molecule has 1 atom stereocenters. The number of likely N-dealkylation sites (N-methyl/N-ethyl adjacent to an activating group) is 1. The van der Waals surface area contributed by atoms with Crippen molar-refractivity contribution in [2.45, 2.75) is 76.8 Å². The van der Waals surface area contributed by atoms with Gasteiger partial charge in [-0.05, 0) is 88.2 Å². The summed E-state index contributed by atoms with van der Waals surface area (Å²) in [6, 6.07) is 7.45. The van der Waals surface area contributed by atoms with Crippen LogP contribution in [0.25, 0.3) is 0 Å². The first kappa shape index (κ1) is 23.9. The number of piperidine rings is 1. The van der Waals surface area contributed by atoms with Gasteiger partial charge in [0.25, 0.3) is 0 Å². The summed E-state index contributed by atoms with van der Waals surface area (Å²) in [5.74, 6) is 1.68. The van der Waals surface area contributed by atoms with E-state index in [0.717, 1.165) is 44.8 Å². The van der Waals surface area contributed by atoms with Gasteiger partial charge >= 0.3 is 6.03 Å². The van der Waals surface area contributed by atoms with E-state index in [2.05, 4.69) is 37.9 Å². The molecular weight excluding hydrogens is 466 g/mol. The van der Waals surface area contributed by atoms with Crippen LogP contribution in [0.15, 0.2) is 22.7 Å². The van der Waals surface area contributed by atoms with Gasteiger partial charge in [0.2, 0.25) is 0 Å². The van der Waals surface area contributed by atoms with E-state index in [1.807, 2.05) is 24.9 Å². The molecule has 3 fully saturated rings. The van der Waals surface area contributed by atoms with Gasteiger partial charge < -0.3 is 19.4 Å². The van der Waals surface area contributed by atoms with Crippen molar-refractivity contribution in [3.8, 4) is 5.75 Å². The maximum absolute atomic E-state index is 13.1. The van der Waals surface area contributed by atoms with Crippen molar-refractivity contribution in [3.63, 3.8) is 0 Å². The Kier molecular flexibility index (Phi) is 8.38. The Balaban J connectivity index is 1.25. The van der Waals surface area contributed by atoms with Crippen LogP contribution in [0.5, 0.6) is 5.75 Å². The van der Waals surface area contributed by atoms with Crippen LogP contribution in [0.3, 0.4) is 0 Å². The number of halogens is 1. The van der Waals surface area contributed by atoms with Crippen molar-refractivity contribution >= 4 is 22.0 Å². The summed E-state index contributed by atoms with van der Waals surface area (Å²) in [6.07, 6.45) is 11.0. The van der Waals surface area contributed by atoms with Crippen LogP contribution in [0.4, 0.5) is 4.79 Å². The van der Waals surface area contributed by atoms with Crippen molar-refractivity contribution in [2.75, 3.05) is 39.8 Å². The molecule has 5 nitrogen and oxygen atoms in total. The van der Waals surface area contributed by atoms with Crippen LogP contribution in [-0.4, -0.2) is 72.6 Å². The number of rotatable bonds is 7. The Morgan fingerprint density at radius 2 is 1.78 bits per heavy atom. The van der Waals surface area contributed by atoms with E-state index >= 15 is 0 Å². The van der Waals surface area contributed by atoms with Gasteiger partial charge in [0, 0.05) is 36.7 Å². The second kappa shape index (κ2) is 11.2. The van der Waals surface area contributed by atoms with E-state index in [0.29, 0.717) is 24.6 Å². The lowest BCUT2D eigenvalue weighted by Gasteiger charge is -2.45. The zero-order valence-electron chi connectivity index (χ0n) is 19.9. The first-order chi connectivity index (χ1) is 15.5. The molecule has 2 saturated heterocycles. The Hall–Kier alpha value is -1.27. The van der Waals surface area contributed by atoms with E-state index in [1.165, 1.54) is 55.0 Å².